The molecule has 0 aromatic carbocycles. The van der Waals surface area contributed by atoms with Gasteiger partial charge in [-0.3, -0.25) is 4.57 Å². The Morgan fingerprint density at radius 2 is 2.56 bits per heavy atom. The van der Waals surface area contributed by atoms with Gasteiger partial charge in [0.2, 0.25) is 0 Å². The molecule has 1 aromatic heterocycles. The van der Waals surface area contributed by atoms with Crippen LogP contribution in [0.1, 0.15) is 12.6 Å². The second-order valence-electron chi connectivity index (χ2n) is 3.89. The van der Waals surface area contributed by atoms with Crippen LogP contribution in [0, 0.1) is 0 Å². The molecule has 0 radical (unpaired) electrons. The topological polar surface area (TPSA) is 139 Å². The molecule has 3 N–H and O–H groups in total. The van der Waals surface area contributed by atoms with E-state index in [0.29, 0.717) is 0 Å². The van der Waals surface area contributed by atoms with E-state index in [0.717, 1.165) is 0 Å². The lowest BCUT2D eigenvalue weighted by atomic mass is 10.2. The molecule has 96 valence electrons. The normalized spacial score (nSPS) is 26.8. The van der Waals surface area contributed by atoms with E-state index in [9.17, 15) is 9.90 Å². The van der Waals surface area contributed by atoms with E-state index in [-0.39, 0.29) is 18.8 Å². The fourth-order valence-electron chi connectivity index (χ4n) is 1.81. The van der Waals surface area contributed by atoms with Crippen molar-refractivity contribution in [1.82, 2.24) is 9.55 Å². The van der Waals surface area contributed by atoms with Crippen molar-refractivity contribution in [3.05, 3.63) is 33.2 Å². The summed E-state index contributed by atoms with van der Waals surface area (Å²) in [6.45, 7) is 0.0192. The first-order valence-electron chi connectivity index (χ1n) is 5.31. The quantitative estimate of drug-likeness (QED) is 0.435. The molecule has 1 fully saturated rings. The van der Waals surface area contributed by atoms with Crippen molar-refractivity contribution in [2.24, 2.45) is 5.11 Å². The maximum absolute atomic E-state index is 11.6. The lowest BCUT2D eigenvalue weighted by Gasteiger charge is -2.14. The van der Waals surface area contributed by atoms with Crippen LogP contribution >= 0.6 is 0 Å². The minimum Gasteiger partial charge on any atom is -0.390 e. The van der Waals surface area contributed by atoms with E-state index in [4.69, 9.17) is 16.0 Å². The molecule has 0 bridgehead atoms. The fourth-order valence-corrected chi connectivity index (χ4v) is 1.81. The van der Waals surface area contributed by atoms with E-state index in [1.165, 1.54) is 16.8 Å². The first-order valence-corrected chi connectivity index (χ1v) is 5.31. The maximum atomic E-state index is 11.6. The Bertz CT molecular complexity index is 537. The first kappa shape index (κ1) is 12.4. The highest BCUT2D eigenvalue weighted by molar-refractivity contribution is 5.23. The first-order chi connectivity index (χ1) is 8.61. The zero-order chi connectivity index (χ0) is 13.1. The van der Waals surface area contributed by atoms with Crippen molar-refractivity contribution < 1.29 is 9.84 Å². The summed E-state index contributed by atoms with van der Waals surface area (Å²) in [6.07, 6.45) is -0.338. The van der Waals surface area contributed by atoms with E-state index >= 15 is 0 Å². The van der Waals surface area contributed by atoms with Gasteiger partial charge in [-0.1, -0.05) is 5.11 Å². The summed E-state index contributed by atoms with van der Waals surface area (Å²) in [7, 11) is 0. The minimum absolute atomic E-state index is 0.0192. The number of nitrogens with two attached hydrogens (primary N) is 1. The van der Waals surface area contributed by atoms with E-state index < -0.39 is 24.1 Å². The molecule has 0 spiro atoms. The molecule has 0 unspecified atom stereocenters. The summed E-state index contributed by atoms with van der Waals surface area (Å²) >= 11 is 0. The van der Waals surface area contributed by atoms with Crippen LogP contribution in [-0.4, -0.2) is 33.4 Å². The predicted octanol–water partition coefficient (Wildman–Crippen LogP) is -0.216. The van der Waals surface area contributed by atoms with Crippen molar-refractivity contribution in [2.75, 3.05) is 12.3 Å². The second kappa shape index (κ2) is 5.05. The molecule has 1 saturated heterocycles. The molecular formula is C9H12N6O3. The average molecular weight is 252 g/mol. The highest BCUT2D eigenvalue weighted by Crippen LogP contribution is 2.27. The third-order valence-electron chi connectivity index (χ3n) is 2.69. The average Bonchev–Trinajstić information content (AvgIpc) is 2.68. The molecular weight excluding hydrogens is 240 g/mol. The van der Waals surface area contributed by atoms with Gasteiger partial charge < -0.3 is 15.6 Å². The Morgan fingerprint density at radius 1 is 1.78 bits per heavy atom. The van der Waals surface area contributed by atoms with Crippen LogP contribution in [0.3, 0.4) is 0 Å². The van der Waals surface area contributed by atoms with Crippen molar-refractivity contribution >= 4 is 5.82 Å². The van der Waals surface area contributed by atoms with Gasteiger partial charge in [0.05, 0.1) is 18.8 Å². The lowest BCUT2D eigenvalue weighted by molar-refractivity contribution is -0.0149. The van der Waals surface area contributed by atoms with Gasteiger partial charge in [0.15, 0.2) is 0 Å². The summed E-state index contributed by atoms with van der Waals surface area (Å²) in [5.74, 6) is 0.125. The third-order valence-corrected chi connectivity index (χ3v) is 2.69. The van der Waals surface area contributed by atoms with Crippen molar-refractivity contribution in [2.45, 2.75) is 24.9 Å². The molecule has 2 rings (SSSR count). The Labute approximate surface area is 101 Å². The van der Waals surface area contributed by atoms with Crippen LogP contribution in [0.2, 0.25) is 0 Å². The van der Waals surface area contributed by atoms with E-state index in [1.54, 1.807) is 0 Å². The number of azide groups is 1. The number of rotatable bonds is 3. The number of aliphatic hydroxyl groups is 1. The smallest absolute Gasteiger partial charge is 0.351 e. The van der Waals surface area contributed by atoms with Gasteiger partial charge in [-0.2, -0.15) is 4.98 Å². The van der Waals surface area contributed by atoms with Gasteiger partial charge in [-0.05, 0) is 11.6 Å². The molecule has 3 atom stereocenters. The van der Waals surface area contributed by atoms with Gasteiger partial charge in [0.25, 0.3) is 0 Å². The molecule has 1 aliphatic rings. The van der Waals surface area contributed by atoms with Gasteiger partial charge in [0, 0.05) is 17.5 Å². The van der Waals surface area contributed by atoms with Crippen LogP contribution in [0.5, 0.6) is 0 Å². The number of aromatic nitrogens is 2. The largest absolute Gasteiger partial charge is 0.390 e. The Kier molecular flexibility index (Phi) is 3.47. The predicted molar refractivity (Wildman–Crippen MR) is 61.5 cm³/mol. The summed E-state index contributed by atoms with van der Waals surface area (Å²) in [4.78, 5) is 17.8. The summed E-state index contributed by atoms with van der Waals surface area (Å²) in [5, 5.41) is 13.1. The number of hydrogen-bond acceptors (Lipinski definition) is 6. The van der Waals surface area contributed by atoms with Crippen molar-refractivity contribution in [3.8, 4) is 0 Å². The van der Waals surface area contributed by atoms with Gasteiger partial charge in [0.1, 0.15) is 12.0 Å². The summed E-state index contributed by atoms with van der Waals surface area (Å²) in [5.41, 5.74) is 13.0. The highest BCUT2D eigenvalue weighted by atomic mass is 16.5. The highest BCUT2D eigenvalue weighted by Gasteiger charge is 2.34. The van der Waals surface area contributed by atoms with E-state index in [2.05, 4.69) is 15.0 Å². The van der Waals surface area contributed by atoms with Crippen LogP contribution in [0.4, 0.5) is 5.82 Å². The Morgan fingerprint density at radius 3 is 3.22 bits per heavy atom. The Balaban J connectivity index is 2.16. The third kappa shape index (κ3) is 2.43. The van der Waals surface area contributed by atoms with Crippen LogP contribution in [0.25, 0.3) is 10.4 Å². The molecule has 18 heavy (non-hydrogen) atoms. The van der Waals surface area contributed by atoms with Crippen LogP contribution < -0.4 is 11.4 Å². The van der Waals surface area contributed by atoms with Crippen LogP contribution in [0.15, 0.2) is 22.2 Å². The summed E-state index contributed by atoms with van der Waals surface area (Å²) in [6, 6.07) is 1.47. The number of anilines is 1. The molecule has 1 aromatic rings. The van der Waals surface area contributed by atoms with Gasteiger partial charge in [-0.15, -0.1) is 0 Å². The number of nitrogen functional groups attached to an aromatic ring is 1. The zero-order valence-electron chi connectivity index (χ0n) is 9.38. The number of nitrogens with zero attached hydrogens (tertiary/aromatic N) is 5. The van der Waals surface area contributed by atoms with Crippen molar-refractivity contribution in [1.29, 1.82) is 0 Å². The molecule has 0 amide bonds. The monoisotopic (exact) mass is 252 g/mol. The van der Waals surface area contributed by atoms with Gasteiger partial charge in [-0.25, -0.2) is 4.79 Å². The minimum atomic E-state index is -0.787. The molecule has 0 saturated carbocycles. The zero-order valence-corrected chi connectivity index (χ0v) is 9.38. The fraction of sp³-hybridized carbons (Fsp3) is 0.556. The SMILES string of the molecule is [N-]=[N+]=NC[C@H]1O[C@@H](n2ccc(N)nc2=O)C[C@@H]1O. The Hall–Kier alpha value is -2.09. The van der Waals surface area contributed by atoms with Gasteiger partial charge >= 0.3 is 5.69 Å². The number of hydrogen-bond donors (Lipinski definition) is 2. The summed E-state index contributed by atoms with van der Waals surface area (Å²) < 4.78 is 6.70. The second-order valence-corrected chi connectivity index (χ2v) is 3.89. The molecule has 1 aliphatic heterocycles. The maximum Gasteiger partial charge on any atom is 0.351 e. The van der Waals surface area contributed by atoms with E-state index in [1.807, 2.05) is 0 Å². The molecule has 9 heteroatoms. The van der Waals surface area contributed by atoms with Crippen molar-refractivity contribution in [3.63, 3.8) is 0 Å². The standard InChI is InChI=1S/C9H12N6O3/c10-7-1-2-15(9(17)13-7)8-3-5(16)6(18-8)4-12-14-11/h1-2,5-6,8,16H,3-4H2,(H2,10,13,17)/t5-,6+,8+/m0/s1. The number of aliphatic hydroxyl groups excluding tert-OH is 1. The molecule has 2 heterocycles. The molecule has 0 aliphatic carbocycles. The number of ether oxygens (including phenoxy) is 1. The molecule has 9 nitrogen and oxygen atoms in total. The lowest BCUT2D eigenvalue weighted by Crippen LogP contribution is -2.27. The van der Waals surface area contributed by atoms with Crippen LogP contribution in [-0.2, 0) is 4.74 Å².